The van der Waals surface area contributed by atoms with Gasteiger partial charge in [0.2, 0.25) is 0 Å². The number of hydrogen-bond donors (Lipinski definition) is 1. The van der Waals surface area contributed by atoms with Gasteiger partial charge in [0.1, 0.15) is 11.5 Å². The minimum Gasteiger partial charge on any atom is -0.460 e. The number of rotatable bonds is 7. The van der Waals surface area contributed by atoms with Crippen LogP contribution < -0.4 is 5.32 Å². The molecule has 0 saturated carbocycles. The van der Waals surface area contributed by atoms with E-state index in [0.717, 1.165) is 23.1 Å². The van der Waals surface area contributed by atoms with E-state index in [1.165, 1.54) is 11.1 Å². The van der Waals surface area contributed by atoms with Crippen molar-refractivity contribution in [3.8, 4) is 11.5 Å². The summed E-state index contributed by atoms with van der Waals surface area (Å²) in [4.78, 5) is 18.0. The lowest BCUT2D eigenvalue weighted by molar-refractivity contribution is 0.0954. The second-order valence-electron chi connectivity index (χ2n) is 8.40. The molecule has 5 rings (SSSR count). The quantitative estimate of drug-likeness (QED) is 0.301. The fourth-order valence-corrected chi connectivity index (χ4v) is 4.38. The van der Waals surface area contributed by atoms with E-state index < -0.39 is 0 Å². The number of amides is 1. The first-order valence-corrected chi connectivity index (χ1v) is 11.5. The summed E-state index contributed by atoms with van der Waals surface area (Å²) >= 11 is 0. The molecule has 34 heavy (non-hydrogen) atoms. The number of hydrogen-bond acceptors (Lipinski definition) is 3. The predicted octanol–water partition coefficient (Wildman–Crippen LogP) is 6.76. The first-order chi connectivity index (χ1) is 16.7. The lowest BCUT2D eigenvalue weighted by atomic mass is 9.88. The molecular formula is C30H26N2O2. The smallest absolute Gasteiger partial charge is 0.252 e. The standard InChI is InChI=1S/C30H26N2O2/c1-21-16-17-29(34-21)28-20-26(25-14-8-9-15-27(25)32-28)30(33)31-19-18-24(22-10-4-2-5-11-22)23-12-6-3-7-13-23/h2-17,20,24H,18-19H2,1H3,(H,31,33). The van der Waals surface area contributed by atoms with Crippen LogP contribution in [-0.4, -0.2) is 17.4 Å². The van der Waals surface area contributed by atoms with Gasteiger partial charge in [-0.1, -0.05) is 78.9 Å². The Bertz CT molecular complexity index is 1370. The Balaban J connectivity index is 1.39. The van der Waals surface area contributed by atoms with E-state index >= 15 is 0 Å². The molecular weight excluding hydrogens is 420 g/mol. The van der Waals surface area contributed by atoms with Crippen molar-refractivity contribution in [3.63, 3.8) is 0 Å². The van der Waals surface area contributed by atoms with Crippen LogP contribution in [0.25, 0.3) is 22.4 Å². The molecule has 2 aromatic heterocycles. The lowest BCUT2D eigenvalue weighted by Gasteiger charge is -2.18. The second-order valence-corrected chi connectivity index (χ2v) is 8.40. The predicted molar refractivity (Wildman–Crippen MR) is 136 cm³/mol. The molecule has 4 nitrogen and oxygen atoms in total. The fourth-order valence-electron chi connectivity index (χ4n) is 4.38. The number of nitrogens with one attached hydrogen (secondary N) is 1. The van der Waals surface area contributed by atoms with Crippen molar-refractivity contribution in [1.29, 1.82) is 0 Å². The molecule has 5 aromatic rings. The van der Waals surface area contributed by atoms with Gasteiger partial charge in [-0.05, 0) is 48.7 Å². The van der Waals surface area contributed by atoms with Crippen molar-refractivity contribution in [2.75, 3.05) is 6.54 Å². The average molecular weight is 447 g/mol. The molecule has 0 bridgehead atoms. The fraction of sp³-hybridized carbons (Fsp3) is 0.133. The van der Waals surface area contributed by atoms with Crippen LogP contribution in [0.5, 0.6) is 0 Å². The third-order valence-electron chi connectivity index (χ3n) is 6.08. The van der Waals surface area contributed by atoms with Crippen LogP contribution in [0.1, 0.15) is 39.6 Å². The Morgan fingerprint density at radius 2 is 1.50 bits per heavy atom. The molecule has 0 aliphatic rings. The maximum absolute atomic E-state index is 13.3. The van der Waals surface area contributed by atoms with Gasteiger partial charge in [-0.25, -0.2) is 4.98 Å². The van der Waals surface area contributed by atoms with Crippen molar-refractivity contribution < 1.29 is 9.21 Å². The monoisotopic (exact) mass is 446 g/mol. The summed E-state index contributed by atoms with van der Waals surface area (Å²) in [6.45, 7) is 2.45. The highest BCUT2D eigenvalue weighted by Crippen LogP contribution is 2.28. The molecule has 0 spiro atoms. The minimum atomic E-state index is -0.108. The van der Waals surface area contributed by atoms with Crippen LogP contribution in [-0.2, 0) is 0 Å². The normalized spacial score (nSPS) is 11.1. The number of pyridine rings is 1. The van der Waals surface area contributed by atoms with Crippen molar-refractivity contribution in [2.45, 2.75) is 19.3 Å². The summed E-state index contributed by atoms with van der Waals surface area (Å²) in [5, 5.41) is 3.98. The van der Waals surface area contributed by atoms with Gasteiger partial charge in [-0.2, -0.15) is 0 Å². The number of aryl methyl sites for hydroxylation is 1. The molecule has 0 saturated heterocycles. The number of carbonyl (C=O) groups is 1. The summed E-state index contributed by atoms with van der Waals surface area (Å²) in [5.74, 6) is 1.57. The zero-order valence-corrected chi connectivity index (χ0v) is 19.1. The Kier molecular flexibility index (Phi) is 6.21. The summed E-state index contributed by atoms with van der Waals surface area (Å²) in [7, 11) is 0. The van der Waals surface area contributed by atoms with Gasteiger partial charge in [0.15, 0.2) is 5.76 Å². The Hall–Kier alpha value is -4.18. The number of carbonyl (C=O) groups excluding carboxylic acids is 1. The van der Waals surface area contributed by atoms with Crippen LogP contribution in [0.4, 0.5) is 0 Å². The molecule has 0 atom stereocenters. The molecule has 0 aliphatic heterocycles. The highest BCUT2D eigenvalue weighted by atomic mass is 16.3. The number of aromatic nitrogens is 1. The van der Waals surface area contributed by atoms with Crippen LogP contribution in [0.3, 0.4) is 0 Å². The lowest BCUT2D eigenvalue weighted by Crippen LogP contribution is -2.26. The van der Waals surface area contributed by atoms with Crippen LogP contribution in [0.15, 0.2) is 108 Å². The molecule has 1 amide bonds. The molecule has 3 aromatic carbocycles. The zero-order valence-electron chi connectivity index (χ0n) is 19.1. The zero-order chi connectivity index (χ0) is 23.3. The van der Waals surface area contributed by atoms with E-state index in [4.69, 9.17) is 9.40 Å². The van der Waals surface area contributed by atoms with Crippen LogP contribution >= 0.6 is 0 Å². The molecule has 1 N–H and O–H groups in total. The first-order valence-electron chi connectivity index (χ1n) is 11.5. The molecule has 0 unspecified atom stereocenters. The maximum atomic E-state index is 13.3. The van der Waals surface area contributed by atoms with E-state index in [1.807, 2.05) is 61.5 Å². The van der Waals surface area contributed by atoms with Crippen LogP contribution in [0, 0.1) is 6.92 Å². The van der Waals surface area contributed by atoms with Crippen molar-refractivity contribution in [1.82, 2.24) is 10.3 Å². The van der Waals surface area contributed by atoms with Gasteiger partial charge in [-0.15, -0.1) is 0 Å². The number of fused-ring (bicyclic) bond motifs is 1. The van der Waals surface area contributed by atoms with Crippen molar-refractivity contribution >= 4 is 16.8 Å². The minimum absolute atomic E-state index is 0.108. The van der Waals surface area contributed by atoms with Crippen molar-refractivity contribution in [3.05, 3.63) is 126 Å². The van der Waals surface area contributed by atoms with E-state index in [0.29, 0.717) is 23.6 Å². The number of benzene rings is 3. The van der Waals surface area contributed by atoms with E-state index in [-0.39, 0.29) is 11.8 Å². The number of nitrogens with zero attached hydrogens (tertiary/aromatic N) is 1. The maximum Gasteiger partial charge on any atom is 0.252 e. The van der Waals surface area contributed by atoms with Gasteiger partial charge >= 0.3 is 0 Å². The highest BCUT2D eigenvalue weighted by molar-refractivity contribution is 6.07. The second kappa shape index (κ2) is 9.75. The largest absolute Gasteiger partial charge is 0.460 e. The summed E-state index contributed by atoms with van der Waals surface area (Å²) in [6.07, 6.45) is 0.799. The van der Waals surface area contributed by atoms with E-state index in [2.05, 4.69) is 53.8 Å². The van der Waals surface area contributed by atoms with Gasteiger partial charge in [0, 0.05) is 17.8 Å². The van der Waals surface area contributed by atoms with E-state index in [1.54, 1.807) is 0 Å². The third-order valence-corrected chi connectivity index (χ3v) is 6.08. The summed E-state index contributed by atoms with van der Waals surface area (Å²) in [6, 6.07) is 34.2. The van der Waals surface area contributed by atoms with Crippen LogP contribution in [0.2, 0.25) is 0 Å². The number of furan rings is 1. The van der Waals surface area contributed by atoms with E-state index in [9.17, 15) is 4.79 Å². The van der Waals surface area contributed by atoms with Crippen molar-refractivity contribution in [2.24, 2.45) is 0 Å². The van der Waals surface area contributed by atoms with Gasteiger partial charge < -0.3 is 9.73 Å². The van der Waals surface area contributed by atoms with Gasteiger partial charge in [0.25, 0.3) is 5.91 Å². The summed E-state index contributed by atoms with van der Waals surface area (Å²) < 4.78 is 5.77. The topological polar surface area (TPSA) is 55.1 Å². The SMILES string of the molecule is Cc1ccc(-c2cc(C(=O)NCCC(c3ccccc3)c3ccccc3)c3ccccc3n2)o1. The third kappa shape index (κ3) is 4.62. The molecule has 4 heteroatoms. The highest BCUT2D eigenvalue weighted by Gasteiger charge is 2.17. The van der Waals surface area contributed by atoms with Gasteiger partial charge in [-0.3, -0.25) is 4.79 Å². The molecule has 168 valence electrons. The Morgan fingerprint density at radius 3 is 2.15 bits per heavy atom. The Morgan fingerprint density at radius 1 is 0.853 bits per heavy atom. The number of para-hydroxylation sites is 1. The first kappa shape index (κ1) is 21.7. The Labute approximate surface area is 199 Å². The molecule has 2 heterocycles. The molecule has 0 fully saturated rings. The summed E-state index contributed by atoms with van der Waals surface area (Å²) in [5.41, 5.74) is 4.51. The molecule has 0 aliphatic carbocycles. The molecule has 0 radical (unpaired) electrons. The average Bonchev–Trinajstić information content (AvgIpc) is 3.33. The van der Waals surface area contributed by atoms with Gasteiger partial charge in [0.05, 0.1) is 11.1 Å².